The number of aliphatic hydroxyl groups excluding tert-OH is 1. The number of carbonyl (C=O) groups is 1. The van der Waals surface area contributed by atoms with Crippen molar-refractivity contribution >= 4 is 5.91 Å². The molecule has 0 aromatic heterocycles. The lowest BCUT2D eigenvalue weighted by Gasteiger charge is -2.21. The zero-order valence-electron chi connectivity index (χ0n) is 11.0. The maximum atomic E-state index is 12.3. The summed E-state index contributed by atoms with van der Waals surface area (Å²) in [7, 11) is 0. The molecule has 5 heteroatoms. The summed E-state index contributed by atoms with van der Waals surface area (Å²) in [6.07, 6.45) is -1.87. The van der Waals surface area contributed by atoms with E-state index in [2.05, 4.69) is 0 Å². The first-order chi connectivity index (χ1) is 9.04. The van der Waals surface area contributed by atoms with Crippen LogP contribution in [0.1, 0.15) is 17.5 Å². The second kappa shape index (κ2) is 7.84. The highest BCUT2D eigenvalue weighted by molar-refractivity contribution is 5.76. The Morgan fingerprint density at radius 1 is 1.37 bits per heavy atom. The topological polar surface area (TPSA) is 40.5 Å². The van der Waals surface area contributed by atoms with Crippen LogP contribution in [0.4, 0.5) is 8.78 Å². The fraction of sp³-hybridized carbons (Fsp3) is 0.500. The lowest BCUT2D eigenvalue weighted by atomic mass is 10.0. The van der Waals surface area contributed by atoms with Gasteiger partial charge >= 0.3 is 0 Å². The van der Waals surface area contributed by atoms with E-state index < -0.39 is 13.0 Å². The van der Waals surface area contributed by atoms with Gasteiger partial charge in [-0.1, -0.05) is 24.3 Å². The molecule has 1 amide bonds. The van der Waals surface area contributed by atoms with E-state index in [1.807, 2.05) is 31.2 Å². The number of halogens is 2. The third-order valence-corrected chi connectivity index (χ3v) is 2.95. The van der Waals surface area contributed by atoms with E-state index >= 15 is 0 Å². The zero-order valence-corrected chi connectivity index (χ0v) is 11.0. The van der Waals surface area contributed by atoms with Gasteiger partial charge < -0.3 is 10.0 Å². The van der Waals surface area contributed by atoms with Crippen molar-refractivity contribution in [2.24, 2.45) is 0 Å². The second-order valence-electron chi connectivity index (χ2n) is 4.38. The molecule has 0 spiro atoms. The summed E-state index contributed by atoms with van der Waals surface area (Å²) in [5.41, 5.74) is 2.12. The average Bonchev–Trinajstić information content (AvgIpc) is 2.36. The molecule has 0 heterocycles. The molecular formula is C14H19F2NO2. The fourth-order valence-electron chi connectivity index (χ4n) is 1.90. The normalized spacial score (nSPS) is 10.8. The Morgan fingerprint density at radius 3 is 2.63 bits per heavy atom. The summed E-state index contributed by atoms with van der Waals surface area (Å²) in [4.78, 5) is 12.9. The molecule has 0 saturated heterocycles. The summed E-state index contributed by atoms with van der Waals surface area (Å²) in [6, 6.07) is 7.67. The Kier molecular flexibility index (Phi) is 6.42. The lowest BCUT2D eigenvalue weighted by molar-refractivity contribution is -0.133. The molecule has 0 aliphatic carbocycles. The van der Waals surface area contributed by atoms with E-state index in [0.29, 0.717) is 6.42 Å². The molecule has 0 aliphatic rings. The first-order valence-electron chi connectivity index (χ1n) is 6.26. The molecule has 0 fully saturated rings. The van der Waals surface area contributed by atoms with Gasteiger partial charge in [-0.3, -0.25) is 4.79 Å². The van der Waals surface area contributed by atoms with Crippen LogP contribution in [0.5, 0.6) is 0 Å². The van der Waals surface area contributed by atoms with Gasteiger partial charge in [0.05, 0.1) is 13.2 Å². The Morgan fingerprint density at radius 2 is 2.05 bits per heavy atom. The smallest absolute Gasteiger partial charge is 0.255 e. The minimum absolute atomic E-state index is 0.0447. The second-order valence-corrected chi connectivity index (χ2v) is 4.38. The molecule has 1 aromatic rings. The summed E-state index contributed by atoms with van der Waals surface area (Å²) in [6.45, 7) is 0.984. The van der Waals surface area contributed by atoms with Crippen molar-refractivity contribution in [3.63, 3.8) is 0 Å². The van der Waals surface area contributed by atoms with Gasteiger partial charge in [-0.2, -0.15) is 0 Å². The van der Waals surface area contributed by atoms with Crippen molar-refractivity contribution in [3.05, 3.63) is 35.4 Å². The van der Waals surface area contributed by atoms with Gasteiger partial charge in [-0.05, 0) is 24.5 Å². The standard InChI is InChI=1S/C14H19F2NO2/c1-11-4-2-3-5-12(11)6-7-14(19)17(8-9-18)10-13(15)16/h2-5,13,18H,6-10H2,1H3. The van der Waals surface area contributed by atoms with Crippen LogP contribution in [0, 0.1) is 6.92 Å². The highest BCUT2D eigenvalue weighted by atomic mass is 19.3. The fourth-order valence-corrected chi connectivity index (χ4v) is 1.90. The van der Waals surface area contributed by atoms with Crippen LogP contribution in [0.15, 0.2) is 24.3 Å². The van der Waals surface area contributed by atoms with E-state index in [0.717, 1.165) is 16.0 Å². The maximum Gasteiger partial charge on any atom is 0.255 e. The molecule has 1 aromatic carbocycles. The van der Waals surface area contributed by atoms with Gasteiger partial charge in [-0.15, -0.1) is 0 Å². The number of hydrogen-bond donors (Lipinski definition) is 1. The third kappa shape index (κ3) is 5.34. The number of hydrogen-bond acceptors (Lipinski definition) is 2. The van der Waals surface area contributed by atoms with Crippen LogP contribution in [0.3, 0.4) is 0 Å². The molecule has 1 N–H and O–H groups in total. The number of carbonyl (C=O) groups excluding carboxylic acids is 1. The average molecular weight is 271 g/mol. The Labute approximate surface area is 111 Å². The quantitative estimate of drug-likeness (QED) is 0.824. The predicted octanol–water partition coefficient (Wildman–Crippen LogP) is 2.01. The third-order valence-electron chi connectivity index (χ3n) is 2.95. The van der Waals surface area contributed by atoms with Crippen LogP contribution in [-0.2, 0) is 11.2 Å². The van der Waals surface area contributed by atoms with Crippen molar-refractivity contribution in [1.82, 2.24) is 4.90 Å². The van der Waals surface area contributed by atoms with Crippen LogP contribution >= 0.6 is 0 Å². The van der Waals surface area contributed by atoms with Crippen LogP contribution < -0.4 is 0 Å². The monoisotopic (exact) mass is 271 g/mol. The number of amides is 1. The van der Waals surface area contributed by atoms with E-state index in [-0.39, 0.29) is 25.5 Å². The Balaban J connectivity index is 2.55. The van der Waals surface area contributed by atoms with Gasteiger partial charge in [0.15, 0.2) is 0 Å². The number of benzene rings is 1. The van der Waals surface area contributed by atoms with Crippen molar-refractivity contribution in [3.8, 4) is 0 Å². The van der Waals surface area contributed by atoms with E-state index in [4.69, 9.17) is 5.11 Å². The number of aryl methyl sites for hydroxylation is 2. The first kappa shape index (κ1) is 15.6. The molecule has 0 aliphatic heterocycles. The highest BCUT2D eigenvalue weighted by Crippen LogP contribution is 2.11. The van der Waals surface area contributed by atoms with Gasteiger partial charge in [0, 0.05) is 13.0 Å². The van der Waals surface area contributed by atoms with Crippen LogP contribution in [0.25, 0.3) is 0 Å². The van der Waals surface area contributed by atoms with Crippen molar-refractivity contribution in [2.75, 3.05) is 19.7 Å². The summed E-state index contributed by atoms with van der Waals surface area (Å²) >= 11 is 0. The van der Waals surface area contributed by atoms with Crippen LogP contribution in [0.2, 0.25) is 0 Å². The molecule has 0 atom stereocenters. The number of nitrogens with zero attached hydrogens (tertiary/aromatic N) is 1. The Hall–Kier alpha value is -1.49. The van der Waals surface area contributed by atoms with Gasteiger partial charge in [-0.25, -0.2) is 8.78 Å². The van der Waals surface area contributed by atoms with Gasteiger partial charge in [0.25, 0.3) is 6.43 Å². The molecule has 0 radical (unpaired) electrons. The van der Waals surface area contributed by atoms with Gasteiger partial charge in [0.1, 0.15) is 0 Å². The zero-order chi connectivity index (χ0) is 14.3. The van der Waals surface area contributed by atoms with Crippen molar-refractivity contribution in [1.29, 1.82) is 0 Å². The first-order valence-corrected chi connectivity index (χ1v) is 6.26. The van der Waals surface area contributed by atoms with E-state index in [1.165, 1.54) is 0 Å². The summed E-state index contributed by atoms with van der Waals surface area (Å²) in [5.74, 6) is -0.349. The molecule has 106 valence electrons. The molecule has 0 unspecified atom stereocenters. The summed E-state index contributed by atoms with van der Waals surface area (Å²) < 4.78 is 24.6. The van der Waals surface area contributed by atoms with Crippen LogP contribution in [-0.4, -0.2) is 42.0 Å². The van der Waals surface area contributed by atoms with E-state index in [1.54, 1.807) is 0 Å². The highest BCUT2D eigenvalue weighted by Gasteiger charge is 2.17. The van der Waals surface area contributed by atoms with Crippen molar-refractivity contribution in [2.45, 2.75) is 26.2 Å². The largest absolute Gasteiger partial charge is 0.395 e. The SMILES string of the molecule is Cc1ccccc1CCC(=O)N(CCO)CC(F)F. The van der Waals surface area contributed by atoms with E-state index in [9.17, 15) is 13.6 Å². The minimum atomic E-state index is -2.58. The number of aliphatic hydroxyl groups is 1. The molecule has 0 saturated carbocycles. The molecule has 19 heavy (non-hydrogen) atoms. The molecule has 0 bridgehead atoms. The Bertz CT molecular complexity index is 410. The molecular weight excluding hydrogens is 252 g/mol. The molecule has 3 nitrogen and oxygen atoms in total. The summed E-state index contributed by atoms with van der Waals surface area (Å²) in [5, 5.41) is 8.79. The predicted molar refractivity (Wildman–Crippen MR) is 69.2 cm³/mol. The van der Waals surface area contributed by atoms with Gasteiger partial charge in [0.2, 0.25) is 5.91 Å². The number of rotatable bonds is 7. The molecule has 1 rings (SSSR count). The minimum Gasteiger partial charge on any atom is -0.395 e. The number of alkyl halides is 2. The lowest BCUT2D eigenvalue weighted by Crippen LogP contribution is -2.37. The maximum absolute atomic E-state index is 12.3. The van der Waals surface area contributed by atoms with Crippen molar-refractivity contribution < 1.29 is 18.7 Å².